The smallest absolute Gasteiger partial charge is 0.222 e. The van der Waals surface area contributed by atoms with Crippen LogP contribution in [0.5, 0.6) is 0 Å². The molecule has 1 unspecified atom stereocenters. The first kappa shape index (κ1) is 12.1. The Balaban J connectivity index is 2.25. The number of nitrogens with two attached hydrogens (primary N) is 1. The van der Waals surface area contributed by atoms with Crippen LogP contribution in [-0.4, -0.2) is 21.2 Å². The molecule has 0 fully saturated rings. The number of benzene rings is 1. The van der Waals surface area contributed by atoms with Gasteiger partial charge in [0.25, 0.3) is 0 Å². The predicted molar refractivity (Wildman–Crippen MR) is 69.3 cm³/mol. The van der Waals surface area contributed by atoms with Crippen LogP contribution in [0.4, 0.5) is 5.69 Å². The highest BCUT2D eigenvalue weighted by atomic mass is 35.5. The molecular formula is C10H11ClN4OS. The van der Waals surface area contributed by atoms with Gasteiger partial charge in [0.05, 0.1) is 28.4 Å². The minimum absolute atomic E-state index is 0.270. The Hall–Kier alpha value is -1.40. The maximum absolute atomic E-state index is 10.9. The lowest BCUT2D eigenvalue weighted by molar-refractivity contribution is -0.120. The van der Waals surface area contributed by atoms with Gasteiger partial charge in [-0.2, -0.15) is 8.75 Å². The summed E-state index contributed by atoms with van der Waals surface area (Å²) >= 11 is 7.21. The van der Waals surface area contributed by atoms with Gasteiger partial charge in [-0.1, -0.05) is 18.5 Å². The van der Waals surface area contributed by atoms with Crippen LogP contribution in [0.2, 0.25) is 5.02 Å². The molecule has 0 saturated carbocycles. The Labute approximate surface area is 107 Å². The number of carbonyl (C=O) groups excluding carboxylic acids is 1. The van der Waals surface area contributed by atoms with Gasteiger partial charge in [-0.15, -0.1) is 0 Å². The SMILES string of the molecule is CC(CNc1c(Cl)ccc2nsnc12)C(N)=O. The van der Waals surface area contributed by atoms with Gasteiger partial charge in [0, 0.05) is 6.54 Å². The van der Waals surface area contributed by atoms with Crippen molar-refractivity contribution in [2.24, 2.45) is 11.7 Å². The fourth-order valence-electron chi connectivity index (χ4n) is 1.35. The van der Waals surface area contributed by atoms with Gasteiger partial charge in [0.2, 0.25) is 5.91 Å². The van der Waals surface area contributed by atoms with Gasteiger partial charge in [-0.3, -0.25) is 4.79 Å². The Morgan fingerprint density at radius 1 is 1.59 bits per heavy atom. The molecular weight excluding hydrogens is 260 g/mol. The van der Waals surface area contributed by atoms with Crippen LogP contribution in [0.1, 0.15) is 6.92 Å². The fourth-order valence-corrected chi connectivity index (χ4v) is 2.11. The van der Waals surface area contributed by atoms with Crippen LogP contribution in [0.25, 0.3) is 11.0 Å². The summed E-state index contributed by atoms with van der Waals surface area (Å²) in [5, 5.41) is 3.65. The largest absolute Gasteiger partial charge is 0.381 e. The van der Waals surface area contributed by atoms with E-state index in [1.165, 1.54) is 0 Å². The fraction of sp³-hybridized carbons (Fsp3) is 0.300. The number of carbonyl (C=O) groups is 1. The second-order valence-electron chi connectivity index (χ2n) is 3.74. The molecule has 2 rings (SSSR count). The zero-order valence-corrected chi connectivity index (χ0v) is 10.7. The minimum Gasteiger partial charge on any atom is -0.381 e. The molecule has 90 valence electrons. The van der Waals surface area contributed by atoms with Crippen molar-refractivity contribution in [1.82, 2.24) is 8.75 Å². The third-order valence-corrected chi connectivity index (χ3v) is 3.31. The second kappa shape index (κ2) is 4.85. The zero-order chi connectivity index (χ0) is 12.4. The molecule has 0 aliphatic rings. The Bertz CT molecular complexity index is 556. The summed E-state index contributed by atoms with van der Waals surface area (Å²) in [5.74, 6) is -0.620. The van der Waals surface area contributed by atoms with E-state index in [4.69, 9.17) is 17.3 Å². The highest BCUT2D eigenvalue weighted by molar-refractivity contribution is 7.00. The first-order valence-electron chi connectivity index (χ1n) is 5.03. The van der Waals surface area contributed by atoms with Crippen molar-refractivity contribution < 1.29 is 4.79 Å². The molecule has 5 nitrogen and oxygen atoms in total. The molecule has 0 aliphatic carbocycles. The van der Waals surface area contributed by atoms with Crippen LogP contribution in [-0.2, 0) is 4.79 Å². The number of anilines is 1. The van der Waals surface area contributed by atoms with E-state index in [0.717, 1.165) is 22.8 Å². The van der Waals surface area contributed by atoms with E-state index in [1.54, 1.807) is 13.0 Å². The molecule has 0 aliphatic heterocycles. The number of primary amides is 1. The summed E-state index contributed by atoms with van der Waals surface area (Å²) in [6, 6.07) is 3.56. The Morgan fingerprint density at radius 2 is 2.35 bits per heavy atom. The predicted octanol–water partition coefficient (Wildman–Crippen LogP) is 1.88. The molecule has 1 aromatic carbocycles. The first-order valence-corrected chi connectivity index (χ1v) is 6.14. The molecule has 1 aromatic heterocycles. The summed E-state index contributed by atoms with van der Waals surface area (Å²) in [5.41, 5.74) is 7.40. The minimum atomic E-state index is -0.350. The number of hydrogen-bond acceptors (Lipinski definition) is 5. The molecule has 0 bridgehead atoms. The monoisotopic (exact) mass is 270 g/mol. The van der Waals surface area contributed by atoms with Crippen molar-refractivity contribution in [2.45, 2.75) is 6.92 Å². The van der Waals surface area contributed by atoms with Gasteiger partial charge in [-0.25, -0.2) is 0 Å². The molecule has 0 spiro atoms. The number of hydrogen-bond donors (Lipinski definition) is 2. The van der Waals surface area contributed by atoms with Gasteiger partial charge in [-0.05, 0) is 12.1 Å². The molecule has 3 N–H and O–H groups in total. The van der Waals surface area contributed by atoms with Crippen LogP contribution in [0, 0.1) is 5.92 Å². The number of aromatic nitrogens is 2. The van der Waals surface area contributed by atoms with Crippen molar-refractivity contribution in [1.29, 1.82) is 0 Å². The quantitative estimate of drug-likeness (QED) is 0.889. The molecule has 1 heterocycles. The number of amides is 1. The topological polar surface area (TPSA) is 80.9 Å². The molecule has 17 heavy (non-hydrogen) atoms. The van der Waals surface area contributed by atoms with Crippen molar-refractivity contribution in [3.8, 4) is 0 Å². The van der Waals surface area contributed by atoms with Gasteiger partial charge >= 0.3 is 0 Å². The van der Waals surface area contributed by atoms with Crippen molar-refractivity contribution in [3.63, 3.8) is 0 Å². The summed E-state index contributed by atoms with van der Waals surface area (Å²) < 4.78 is 8.29. The van der Waals surface area contributed by atoms with Crippen LogP contribution < -0.4 is 11.1 Å². The lowest BCUT2D eigenvalue weighted by atomic mass is 10.1. The van der Waals surface area contributed by atoms with Crippen molar-refractivity contribution in [3.05, 3.63) is 17.2 Å². The standard InChI is InChI=1S/C10H11ClN4OS/c1-5(10(12)16)4-13-8-6(11)2-3-7-9(8)15-17-14-7/h2-3,5,13H,4H2,1H3,(H2,12,16). The molecule has 1 amide bonds. The number of halogens is 1. The van der Waals surface area contributed by atoms with E-state index in [9.17, 15) is 4.79 Å². The lowest BCUT2D eigenvalue weighted by Crippen LogP contribution is -2.26. The Morgan fingerprint density at radius 3 is 3.06 bits per heavy atom. The summed E-state index contributed by atoms with van der Waals surface area (Å²) in [7, 11) is 0. The molecule has 0 radical (unpaired) electrons. The van der Waals surface area contributed by atoms with Crippen LogP contribution >= 0.6 is 23.3 Å². The van der Waals surface area contributed by atoms with Crippen LogP contribution in [0.15, 0.2) is 12.1 Å². The maximum atomic E-state index is 10.9. The highest BCUT2D eigenvalue weighted by Crippen LogP contribution is 2.29. The molecule has 1 atom stereocenters. The van der Waals surface area contributed by atoms with E-state index in [2.05, 4.69) is 14.1 Å². The average molecular weight is 271 g/mol. The lowest BCUT2D eigenvalue weighted by Gasteiger charge is -2.11. The van der Waals surface area contributed by atoms with Gasteiger partial charge < -0.3 is 11.1 Å². The summed E-state index contributed by atoms with van der Waals surface area (Å²) in [6.45, 7) is 2.17. The number of fused-ring (bicyclic) bond motifs is 1. The van der Waals surface area contributed by atoms with Crippen molar-refractivity contribution in [2.75, 3.05) is 11.9 Å². The third kappa shape index (κ3) is 2.48. The molecule has 2 aromatic rings. The van der Waals surface area contributed by atoms with E-state index in [0.29, 0.717) is 17.3 Å². The van der Waals surface area contributed by atoms with E-state index in [-0.39, 0.29) is 11.8 Å². The number of nitrogens with one attached hydrogen (secondary N) is 1. The number of nitrogens with zero attached hydrogens (tertiary/aromatic N) is 2. The average Bonchev–Trinajstić information content (AvgIpc) is 2.75. The van der Waals surface area contributed by atoms with E-state index < -0.39 is 0 Å². The summed E-state index contributed by atoms with van der Waals surface area (Å²) in [4.78, 5) is 10.9. The van der Waals surface area contributed by atoms with E-state index >= 15 is 0 Å². The summed E-state index contributed by atoms with van der Waals surface area (Å²) in [6.07, 6.45) is 0. The van der Waals surface area contributed by atoms with E-state index in [1.807, 2.05) is 6.07 Å². The third-order valence-electron chi connectivity index (χ3n) is 2.45. The molecule has 0 saturated heterocycles. The first-order chi connectivity index (χ1) is 8.09. The normalized spacial score (nSPS) is 12.6. The highest BCUT2D eigenvalue weighted by Gasteiger charge is 2.13. The van der Waals surface area contributed by atoms with Gasteiger partial charge in [0.1, 0.15) is 11.0 Å². The zero-order valence-electron chi connectivity index (χ0n) is 9.11. The second-order valence-corrected chi connectivity index (χ2v) is 4.67. The maximum Gasteiger partial charge on any atom is 0.222 e. The molecule has 7 heteroatoms. The van der Waals surface area contributed by atoms with Crippen LogP contribution in [0.3, 0.4) is 0 Å². The van der Waals surface area contributed by atoms with Crippen molar-refractivity contribution >= 4 is 46.0 Å². The van der Waals surface area contributed by atoms with Gasteiger partial charge in [0.15, 0.2) is 0 Å². The Kier molecular flexibility index (Phi) is 3.44. The number of rotatable bonds is 4.